The van der Waals surface area contributed by atoms with Crippen LogP contribution in [0.2, 0.25) is 0 Å². The molecule has 0 bridgehead atoms. The molecule has 1 atom stereocenters. The zero-order chi connectivity index (χ0) is 33.0. The van der Waals surface area contributed by atoms with Gasteiger partial charge in [0.15, 0.2) is 0 Å². The summed E-state index contributed by atoms with van der Waals surface area (Å²) in [6.07, 6.45) is 1.56. The van der Waals surface area contributed by atoms with E-state index >= 15 is 0 Å². The minimum Gasteiger partial charge on any atom is -0.349 e. The predicted molar refractivity (Wildman–Crippen MR) is 187 cm³/mol. The number of nitrogens with zero attached hydrogens (tertiary/aromatic N) is 3. The zero-order valence-corrected chi connectivity index (χ0v) is 29.2. The Bertz CT molecular complexity index is 1550. The smallest absolute Gasteiger partial charge is 0.328 e. The van der Waals surface area contributed by atoms with E-state index < -0.39 is 17.4 Å². The molecule has 4 amide bonds. The van der Waals surface area contributed by atoms with Crippen LogP contribution in [-0.4, -0.2) is 63.6 Å². The summed E-state index contributed by atoms with van der Waals surface area (Å²) in [4.78, 5) is 46.8. The molecule has 3 fully saturated rings. The number of hydrogen-bond acceptors (Lipinski definition) is 4. The third-order valence-electron chi connectivity index (χ3n) is 10.1. The highest BCUT2D eigenvalue weighted by Crippen LogP contribution is 2.40. The Morgan fingerprint density at radius 1 is 0.833 bits per heavy atom. The zero-order valence-electron chi connectivity index (χ0n) is 26.8. The van der Waals surface area contributed by atoms with Crippen molar-refractivity contribution in [1.29, 1.82) is 0 Å². The van der Waals surface area contributed by atoms with Crippen LogP contribution in [0.25, 0.3) is 0 Å². The standard InChI is InChI=1S/C37H41BrF2N4O3.ClH/c38-31-13-11-28(12-14-31)25-43-34(46)36(44(35(43)47)26-27-7-3-1-4-8-27)20-23-42(24-21-36)22-17-32(29-9-5-2-6-10-29)41-33(45)30-15-18-37(39,40)19-16-30;/h1-14,30,32H,15-26H2,(H,41,45);1H/t32-;/m0./s1. The number of urea groups is 1. The summed E-state index contributed by atoms with van der Waals surface area (Å²) in [5, 5.41) is 3.17. The molecule has 1 N–H and O–H groups in total. The van der Waals surface area contributed by atoms with E-state index in [2.05, 4.69) is 26.1 Å². The minimum atomic E-state index is -2.68. The fraction of sp³-hybridized carbons (Fsp3) is 0.432. The SMILES string of the molecule is Cl.O=C(N[C@@H](CCN1CCC2(CC1)C(=O)N(Cc1ccc(Br)cc1)C(=O)N2Cc1ccccc1)c1ccccc1)C1CCC(F)(F)CC1. The Balaban J connectivity index is 0.00000451. The Morgan fingerprint density at radius 3 is 2.04 bits per heavy atom. The molecule has 1 saturated carbocycles. The van der Waals surface area contributed by atoms with Crippen LogP contribution in [-0.2, 0) is 22.7 Å². The molecule has 0 radical (unpaired) electrons. The third-order valence-corrected chi connectivity index (χ3v) is 10.6. The molecule has 3 aromatic rings. The van der Waals surface area contributed by atoms with Gasteiger partial charge < -0.3 is 15.1 Å². The van der Waals surface area contributed by atoms with Gasteiger partial charge in [-0.2, -0.15) is 0 Å². The van der Waals surface area contributed by atoms with Crippen LogP contribution in [0.15, 0.2) is 89.4 Å². The number of halogens is 4. The second-order valence-electron chi connectivity index (χ2n) is 13.1. The first-order valence-electron chi connectivity index (χ1n) is 16.5. The van der Waals surface area contributed by atoms with Crippen molar-refractivity contribution in [1.82, 2.24) is 20.0 Å². The molecule has 0 unspecified atom stereocenters. The van der Waals surface area contributed by atoms with Gasteiger partial charge in [0, 0.05) is 49.4 Å². The molecular weight excluding hydrogens is 702 g/mol. The summed E-state index contributed by atoms with van der Waals surface area (Å²) >= 11 is 3.45. The van der Waals surface area contributed by atoms with Gasteiger partial charge in [0.05, 0.1) is 12.6 Å². The molecule has 1 aliphatic carbocycles. The average molecular weight is 744 g/mol. The summed E-state index contributed by atoms with van der Waals surface area (Å²) in [6, 6.07) is 26.7. The highest BCUT2D eigenvalue weighted by atomic mass is 79.9. The number of carbonyl (C=O) groups is 3. The molecule has 256 valence electrons. The average Bonchev–Trinajstić information content (AvgIpc) is 3.26. The van der Waals surface area contributed by atoms with Crippen molar-refractivity contribution in [3.63, 3.8) is 0 Å². The van der Waals surface area contributed by atoms with Gasteiger partial charge in [-0.25, -0.2) is 13.6 Å². The summed E-state index contributed by atoms with van der Waals surface area (Å²) in [5.41, 5.74) is 1.92. The highest BCUT2D eigenvalue weighted by Gasteiger charge is 2.57. The Hall–Kier alpha value is -3.34. The lowest BCUT2D eigenvalue weighted by molar-refractivity contribution is -0.136. The minimum absolute atomic E-state index is 0. The number of alkyl halides is 2. The molecule has 7 nitrogen and oxygen atoms in total. The maximum atomic E-state index is 14.2. The lowest BCUT2D eigenvalue weighted by atomic mass is 9.85. The maximum Gasteiger partial charge on any atom is 0.328 e. The lowest BCUT2D eigenvalue weighted by Crippen LogP contribution is -2.56. The first-order valence-corrected chi connectivity index (χ1v) is 17.3. The van der Waals surface area contributed by atoms with Crippen molar-refractivity contribution in [2.75, 3.05) is 19.6 Å². The van der Waals surface area contributed by atoms with Gasteiger partial charge in [0.2, 0.25) is 11.8 Å². The van der Waals surface area contributed by atoms with Crippen LogP contribution in [0.4, 0.5) is 13.6 Å². The van der Waals surface area contributed by atoms with E-state index in [0.717, 1.165) is 21.2 Å². The van der Waals surface area contributed by atoms with Crippen molar-refractivity contribution in [3.05, 3.63) is 106 Å². The Labute approximate surface area is 295 Å². The van der Waals surface area contributed by atoms with Crippen molar-refractivity contribution >= 4 is 46.2 Å². The second kappa shape index (κ2) is 15.5. The number of imide groups is 1. The second-order valence-corrected chi connectivity index (χ2v) is 14.1. The quantitative estimate of drug-likeness (QED) is 0.216. The van der Waals surface area contributed by atoms with Gasteiger partial charge in [0.1, 0.15) is 5.54 Å². The van der Waals surface area contributed by atoms with Gasteiger partial charge in [-0.3, -0.25) is 14.5 Å². The van der Waals surface area contributed by atoms with E-state index in [-0.39, 0.29) is 68.5 Å². The van der Waals surface area contributed by atoms with Crippen LogP contribution >= 0.6 is 28.3 Å². The third kappa shape index (κ3) is 8.09. The molecule has 0 aromatic heterocycles. The topological polar surface area (TPSA) is 73.0 Å². The Kier molecular flexibility index (Phi) is 11.6. The molecule has 1 spiro atoms. The lowest BCUT2D eigenvalue weighted by Gasteiger charge is -2.42. The number of carbonyl (C=O) groups excluding carboxylic acids is 3. The van der Waals surface area contributed by atoms with Crippen molar-refractivity contribution in [3.8, 4) is 0 Å². The number of amides is 4. The molecule has 2 aliphatic heterocycles. The summed E-state index contributed by atoms with van der Waals surface area (Å²) in [6.45, 7) is 2.52. The first kappa shape index (κ1) is 36.0. The molecule has 11 heteroatoms. The summed E-state index contributed by atoms with van der Waals surface area (Å²) in [5.74, 6) is -3.39. The van der Waals surface area contributed by atoms with E-state index in [1.165, 1.54) is 4.90 Å². The van der Waals surface area contributed by atoms with Crippen molar-refractivity contribution in [2.45, 2.75) is 75.5 Å². The molecule has 6 rings (SSSR count). The van der Waals surface area contributed by atoms with Crippen LogP contribution in [0.1, 0.15) is 67.7 Å². The molecule has 3 aliphatic rings. The van der Waals surface area contributed by atoms with Gasteiger partial charge >= 0.3 is 6.03 Å². The monoisotopic (exact) mass is 742 g/mol. The first-order chi connectivity index (χ1) is 22.6. The van der Waals surface area contributed by atoms with Crippen LogP contribution in [0.5, 0.6) is 0 Å². The van der Waals surface area contributed by atoms with Crippen LogP contribution in [0, 0.1) is 5.92 Å². The Morgan fingerprint density at radius 2 is 1.42 bits per heavy atom. The molecular formula is C37H42BrClF2N4O3. The highest BCUT2D eigenvalue weighted by molar-refractivity contribution is 9.10. The van der Waals surface area contributed by atoms with E-state index in [4.69, 9.17) is 0 Å². The molecule has 2 saturated heterocycles. The number of likely N-dealkylation sites (tertiary alicyclic amines) is 1. The molecule has 2 heterocycles. The van der Waals surface area contributed by atoms with E-state index in [0.29, 0.717) is 45.4 Å². The number of rotatable bonds is 10. The van der Waals surface area contributed by atoms with Crippen molar-refractivity contribution < 1.29 is 23.2 Å². The van der Waals surface area contributed by atoms with E-state index in [1.54, 1.807) is 4.90 Å². The molecule has 3 aromatic carbocycles. The van der Waals surface area contributed by atoms with Crippen molar-refractivity contribution in [2.24, 2.45) is 5.92 Å². The van der Waals surface area contributed by atoms with Gasteiger partial charge in [-0.1, -0.05) is 88.7 Å². The predicted octanol–water partition coefficient (Wildman–Crippen LogP) is 7.74. The van der Waals surface area contributed by atoms with Crippen LogP contribution in [0.3, 0.4) is 0 Å². The van der Waals surface area contributed by atoms with Gasteiger partial charge in [-0.15, -0.1) is 12.4 Å². The van der Waals surface area contributed by atoms with Gasteiger partial charge in [0.25, 0.3) is 5.91 Å². The number of benzene rings is 3. The molecule has 48 heavy (non-hydrogen) atoms. The largest absolute Gasteiger partial charge is 0.349 e. The summed E-state index contributed by atoms with van der Waals surface area (Å²) in [7, 11) is 0. The van der Waals surface area contributed by atoms with E-state index in [9.17, 15) is 23.2 Å². The fourth-order valence-corrected chi connectivity index (χ4v) is 7.48. The number of piperidine rings is 1. The van der Waals surface area contributed by atoms with Crippen LogP contribution < -0.4 is 5.32 Å². The summed E-state index contributed by atoms with van der Waals surface area (Å²) < 4.78 is 28.4. The van der Waals surface area contributed by atoms with Gasteiger partial charge in [-0.05, 0) is 60.9 Å². The fourth-order valence-electron chi connectivity index (χ4n) is 7.22. The van der Waals surface area contributed by atoms with E-state index in [1.807, 2.05) is 84.9 Å². The number of nitrogens with one attached hydrogen (secondary N) is 1. The maximum absolute atomic E-state index is 14.2. The number of hydrogen-bond donors (Lipinski definition) is 1. The normalized spacial score (nSPS) is 20.1.